The standard InChI is InChI=1S/C30H35FN6O2/c1-30(2,3)22-10-8-20(9-11-22)18-34-14-16-35(17-15-34)28-32-26-25(27(38)33-29(39)37(26)23-12-13-23)36(28)19-21-6-4-5-7-24(21)31/h4-11,23H,12-19H2,1-3H3,(H,33,38,39). The van der Waals surface area contributed by atoms with Crippen LogP contribution in [-0.2, 0) is 18.5 Å². The van der Waals surface area contributed by atoms with Crippen molar-refractivity contribution < 1.29 is 4.39 Å². The molecule has 1 aliphatic heterocycles. The van der Waals surface area contributed by atoms with Crippen LogP contribution >= 0.6 is 0 Å². The molecule has 0 unspecified atom stereocenters. The van der Waals surface area contributed by atoms with Crippen LogP contribution < -0.4 is 16.1 Å². The number of aromatic amines is 1. The molecule has 8 nitrogen and oxygen atoms in total. The number of benzene rings is 2. The smallest absolute Gasteiger partial charge is 0.330 e. The Morgan fingerprint density at radius 3 is 2.28 bits per heavy atom. The summed E-state index contributed by atoms with van der Waals surface area (Å²) >= 11 is 0. The van der Waals surface area contributed by atoms with Gasteiger partial charge in [-0.25, -0.2) is 9.18 Å². The van der Waals surface area contributed by atoms with Gasteiger partial charge in [0.15, 0.2) is 11.2 Å². The minimum atomic E-state index is -0.487. The van der Waals surface area contributed by atoms with Crippen molar-refractivity contribution in [3.63, 3.8) is 0 Å². The van der Waals surface area contributed by atoms with Gasteiger partial charge in [0.25, 0.3) is 5.56 Å². The van der Waals surface area contributed by atoms with Crippen molar-refractivity contribution in [1.29, 1.82) is 0 Å². The number of H-pyrrole nitrogens is 1. The second-order valence-electron chi connectivity index (χ2n) is 11.8. The number of piperazine rings is 1. The van der Waals surface area contributed by atoms with E-state index >= 15 is 0 Å². The van der Waals surface area contributed by atoms with Crippen LogP contribution in [0.15, 0.2) is 58.1 Å². The Morgan fingerprint density at radius 2 is 1.64 bits per heavy atom. The third-order valence-corrected chi connectivity index (χ3v) is 7.89. The van der Waals surface area contributed by atoms with E-state index in [1.807, 2.05) is 0 Å². The highest BCUT2D eigenvalue weighted by Gasteiger charge is 2.31. The Kier molecular flexibility index (Phi) is 6.41. The summed E-state index contributed by atoms with van der Waals surface area (Å²) in [5, 5.41) is 0. The molecule has 1 aliphatic carbocycles. The molecule has 2 fully saturated rings. The van der Waals surface area contributed by atoms with E-state index in [1.165, 1.54) is 17.2 Å². The Hall–Kier alpha value is -3.72. The van der Waals surface area contributed by atoms with E-state index in [9.17, 15) is 14.0 Å². The van der Waals surface area contributed by atoms with Crippen LogP contribution in [0.3, 0.4) is 0 Å². The molecule has 0 amide bonds. The highest BCUT2D eigenvalue weighted by molar-refractivity contribution is 5.75. The Bertz CT molecular complexity index is 1620. The number of rotatable bonds is 6. The lowest BCUT2D eigenvalue weighted by Gasteiger charge is -2.35. The number of hydrogen-bond acceptors (Lipinski definition) is 5. The maximum Gasteiger partial charge on any atom is 0.330 e. The molecule has 0 radical (unpaired) electrons. The van der Waals surface area contributed by atoms with Gasteiger partial charge in [0.2, 0.25) is 5.95 Å². The highest BCUT2D eigenvalue weighted by Crippen LogP contribution is 2.36. The minimum absolute atomic E-state index is 0.0445. The molecule has 0 atom stereocenters. The molecule has 2 aliphatic rings. The van der Waals surface area contributed by atoms with Crippen LogP contribution in [0.5, 0.6) is 0 Å². The fourth-order valence-electron chi connectivity index (χ4n) is 5.47. The molecule has 204 valence electrons. The summed E-state index contributed by atoms with van der Waals surface area (Å²) in [5.41, 5.74) is 3.00. The lowest BCUT2D eigenvalue weighted by Crippen LogP contribution is -2.47. The molecule has 1 saturated heterocycles. The first-order valence-corrected chi connectivity index (χ1v) is 13.7. The van der Waals surface area contributed by atoms with Crippen LogP contribution in [0.25, 0.3) is 11.2 Å². The van der Waals surface area contributed by atoms with Crippen molar-refractivity contribution in [1.82, 2.24) is 24.0 Å². The van der Waals surface area contributed by atoms with Gasteiger partial charge in [-0.15, -0.1) is 0 Å². The fraction of sp³-hybridized carbons (Fsp3) is 0.433. The van der Waals surface area contributed by atoms with Crippen molar-refractivity contribution in [2.24, 2.45) is 0 Å². The van der Waals surface area contributed by atoms with Crippen LogP contribution in [-0.4, -0.2) is 50.2 Å². The van der Waals surface area contributed by atoms with Crippen LogP contribution in [0.2, 0.25) is 0 Å². The quantitative estimate of drug-likeness (QED) is 0.407. The number of nitrogens with one attached hydrogen (secondary N) is 1. The summed E-state index contributed by atoms with van der Waals surface area (Å²) < 4.78 is 18.1. The average Bonchev–Trinajstić information content (AvgIpc) is 3.66. The summed E-state index contributed by atoms with van der Waals surface area (Å²) in [6.07, 6.45) is 1.76. The van der Waals surface area contributed by atoms with Gasteiger partial charge in [-0.2, -0.15) is 4.98 Å². The second-order valence-corrected chi connectivity index (χ2v) is 11.8. The summed E-state index contributed by atoms with van der Waals surface area (Å²) in [7, 11) is 0. The molecular weight excluding hydrogens is 495 g/mol. The molecule has 9 heteroatoms. The van der Waals surface area contributed by atoms with Crippen molar-refractivity contribution in [3.05, 3.63) is 91.9 Å². The zero-order valence-corrected chi connectivity index (χ0v) is 22.8. The monoisotopic (exact) mass is 530 g/mol. The first kappa shape index (κ1) is 25.6. The molecule has 3 heterocycles. The second kappa shape index (κ2) is 9.79. The Balaban J connectivity index is 1.29. The van der Waals surface area contributed by atoms with E-state index in [1.54, 1.807) is 27.3 Å². The lowest BCUT2D eigenvalue weighted by atomic mass is 9.87. The van der Waals surface area contributed by atoms with Crippen LogP contribution in [0, 0.1) is 5.82 Å². The van der Waals surface area contributed by atoms with Gasteiger partial charge in [0.1, 0.15) is 5.82 Å². The van der Waals surface area contributed by atoms with Crippen molar-refractivity contribution in [2.75, 3.05) is 31.1 Å². The highest BCUT2D eigenvalue weighted by atomic mass is 19.1. The Labute approximate surface area is 226 Å². The maximum absolute atomic E-state index is 14.7. The minimum Gasteiger partial charge on any atom is -0.340 e. The predicted molar refractivity (Wildman–Crippen MR) is 151 cm³/mol. The molecule has 6 rings (SSSR count). The number of fused-ring (bicyclic) bond motifs is 1. The number of anilines is 1. The first-order valence-electron chi connectivity index (χ1n) is 13.7. The van der Waals surface area contributed by atoms with Crippen molar-refractivity contribution in [2.45, 2.75) is 58.2 Å². The fourth-order valence-corrected chi connectivity index (χ4v) is 5.47. The zero-order chi connectivity index (χ0) is 27.3. The summed E-state index contributed by atoms with van der Waals surface area (Å²) in [6.45, 7) is 10.8. The van der Waals surface area contributed by atoms with Crippen molar-refractivity contribution >= 4 is 17.1 Å². The summed E-state index contributed by atoms with van der Waals surface area (Å²) in [5.74, 6) is 0.271. The van der Waals surface area contributed by atoms with Gasteiger partial charge in [0, 0.05) is 44.3 Å². The van der Waals surface area contributed by atoms with Gasteiger partial charge in [-0.3, -0.25) is 23.8 Å². The molecule has 0 spiro atoms. The summed E-state index contributed by atoms with van der Waals surface area (Å²) in [4.78, 5) is 37.7. The van der Waals surface area contributed by atoms with Gasteiger partial charge >= 0.3 is 5.69 Å². The van der Waals surface area contributed by atoms with Gasteiger partial charge < -0.3 is 4.90 Å². The molecule has 0 bridgehead atoms. The third-order valence-electron chi connectivity index (χ3n) is 7.89. The Morgan fingerprint density at radius 1 is 0.949 bits per heavy atom. The molecule has 1 N–H and O–H groups in total. The van der Waals surface area contributed by atoms with Gasteiger partial charge in [-0.05, 0) is 35.4 Å². The maximum atomic E-state index is 14.7. The number of hydrogen-bond donors (Lipinski definition) is 1. The number of nitrogens with zero attached hydrogens (tertiary/aromatic N) is 5. The molecule has 4 aromatic rings. The summed E-state index contributed by atoms with van der Waals surface area (Å²) in [6, 6.07) is 15.5. The van der Waals surface area contributed by atoms with E-state index in [0.29, 0.717) is 35.8 Å². The van der Waals surface area contributed by atoms with E-state index in [0.717, 1.165) is 32.5 Å². The average molecular weight is 531 g/mol. The topological polar surface area (TPSA) is 79.2 Å². The van der Waals surface area contributed by atoms with E-state index in [4.69, 9.17) is 4.98 Å². The zero-order valence-electron chi connectivity index (χ0n) is 22.8. The SMILES string of the molecule is CC(C)(C)c1ccc(CN2CCN(c3nc4c(c(=O)[nH]c(=O)n4C4CC4)n3Cc3ccccc3F)CC2)cc1. The van der Waals surface area contributed by atoms with Crippen molar-refractivity contribution in [3.8, 4) is 0 Å². The molecular formula is C30H35FN6O2. The molecule has 2 aromatic heterocycles. The predicted octanol–water partition coefficient (Wildman–Crippen LogP) is 4.03. The number of imidazole rings is 1. The molecule has 2 aromatic carbocycles. The van der Waals surface area contributed by atoms with E-state index < -0.39 is 11.2 Å². The largest absolute Gasteiger partial charge is 0.340 e. The molecule has 1 saturated carbocycles. The normalized spacial score (nSPS) is 16.8. The van der Waals surface area contributed by atoms with Gasteiger partial charge in [0.05, 0.1) is 6.54 Å². The molecule has 39 heavy (non-hydrogen) atoms. The van der Waals surface area contributed by atoms with Crippen LogP contribution in [0.1, 0.15) is 56.3 Å². The van der Waals surface area contributed by atoms with E-state index in [2.05, 4.69) is 59.8 Å². The third kappa shape index (κ3) is 5.03. The van der Waals surface area contributed by atoms with Gasteiger partial charge in [-0.1, -0.05) is 63.2 Å². The first-order chi connectivity index (χ1) is 18.7. The number of aromatic nitrogens is 4. The van der Waals surface area contributed by atoms with E-state index in [-0.39, 0.29) is 23.8 Å². The lowest BCUT2D eigenvalue weighted by molar-refractivity contribution is 0.248. The number of halogens is 1. The van der Waals surface area contributed by atoms with Crippen LogP contribution in [0.4, 0.5) is 10.3 Å².